The number of aryl methyl sites for hydroxylation is 1. The van der Waals surface area contributed by atoms with E-state index in [1.807, 2.05) is 59.4 Å². The van der Waals surface area contributed by atoms with Gasteiger partial charge in [-0.25, -0.2) is 15.3 Å². The fraction of sp³-hybridized carbons (Fsp3) is 0.136. The van der Waals surface area contributed by atoms with Gasteiger partial charge in [0, 0.05) is 46.7 Å². The van der Waals surface area contributed by atoms with Gasteiger partial charge >= 0.3 is 0 Å². The van der Waals surface area contributed by atoms with Gasteiger partial charge in [0.25, 0.3) is 6.35 Å². The molecule has 0 aliphatic carbocycles. The van der Waals surface area contributed by atoms with Crippen LogP contribution in [0.15, 0.2) is 64.4 Å². The van der Waals surface area contributed by atoms with Crippen molar-refractivity contribution in [3.63, 3.8) is 0 Å². The number of aromatic amines is 1. The maximum atomic E-state index is 5.81. The molecule has 154 valence electrons. The Labute approximate surface area is 176 Å². The fourth-order valence-electron chi connectivity index (χ4n) is 3.92. The van der Waals surface area contributed by atoms with Crippen molar-refractivity contribution in [2.24, 2.45) is 4.99 Å². The molecule has 0 amide bonds. The third-order valence-corrected chi connectivity index (χ3v) is 5.41. The molecule has 4 heterocycles. The highest BCUT2D eigenvalue weighted by atomic mass is 16.7. The van der Waals surface area contributed by atoms with E-state index in [1.165, 1.54) is 0 Å². The Morgan fingerprint density at radius 2 is 2.03 bits per heavy atom. The van der Waals surface area contributed by atoms with E-state index >= 15 is 0 Å². The van der Waals surface area contributed by atoms with E-state index in [1.54, 1.807) is 14.0 Å². The van der Waals surface area contributed by atoms with Gasteiger partial charge in [-0.05, 0) is 30.3 Å². The Kier molecular flexibility index (Phi) is 3.84. The summed E-state index contributed by atoms with van der Waals surface area (Å²) in [6, 6.07) is 13.8. The predicted molar refractivity (Wildman–Crippen MR) is 115 cm³/mol. The number of aliphatic imine (C=N–C) groups is 1. The molecule has 2 N–H and O–H groups in total. The quantitative estimate of drug-likeness (QED) is 0.462. The summed E-state index contributed by atoms with van der Waals surface area (Å²) in [5, 5.41) is 6.05. The largest absolute Gasteiger partial charge is 0.497 e. The fourth-order valence-corrected chi connectivity index (χ4v) is 3.92. The topological polar surface area (TPSA) is 102 Å². The summed E-state index contributed by atoms with van der Waals surface area (Å²) in [6.07, 6.45) is 3.30. The zero-order valence-corrected chi connectivity index (χ0v) is 16.8. The molecule has 1 aliphatic heterocycles. The molecular weight excluding hydrogens is 396 g/mol. The monoisotopic (exact) mass is 414 g/mol. The average Bonchev–Trinajstić information content (AvgIpc) is 3.57. The van der Waals surface area contributed by atoms with Crippen LogP contribution in [0.1, 0.15) is 17.8 Å². The number of H-pyrrole nitrogens is 1. The van der Waals surface area contributed by atoms with E-state index in [-0.39, 0.29) is 0 Å². The van der Waals surface area contributed by atoms with Crippen LogP contribution in [0.2, 0.25) is 0 Å². The van der Waals surface area contributed by atoms with Crippen molar-refractivity contribution in [2.45, 2.75) is 13.3 Å². The van der Waals surface area contributed by atoms with Crippen LogP contribution in [0, 0.1) is 6.92 Å². The number of aromatic nitrogens is 4. The van der Waals surface area contributed by atoms with Crippen LogP contribution in [0.5, 0.6) is 5.75 Å². The van der Waals surface area contributed by atoms with Gasteiger partial charge in [0.15, 0.2) is 5.84 Å². The number of amidine groups is 1. The van der Waals surface area contributed by atoms with Crippen LogP contribution in [0.3, 0.4) is 0 Å². The molecule has 3 aromatic heterocycles. The lowest BCUT2D eigenvalue weighted by molar-refractivity contribution is -0.00562. The van der Waals surface area contributed by atoms with E-state index in [9.17, 15) is 0 Å². The Bertz CT molecular complexity index is 1460. The molecule has 0 radical (unpaired) electrons. The van der Waals surface area contributed by atoms with Crippen molar-refractivity contribution in [1.82, 2.24) is 25.2 Å². The second-order valence-electron chi connectivity index (χ2n) is 7.24. The van der Waals surface area contributed by atoms with Crippen LogP contribution < -0.4 is 10.2 Å². The molecule has 2 aromatic carbocycles. The number of nitrogens with zero attached hydrogens (tertiary/aromatic N) is 4. The first kappa shape index (κ1) is 17.7. The lowest BCUT2D eigenvalue weighted by Crippen LogP contribution is -2.18. The number of ether oxygens (including phenoxy) is 1. The maximum absolute atomic E-state index is 5.81. The first-order chi connectivity index (χ1) is 15.2. The van der Waals surface area contributed by atoms with Gasteiger partial charge in [-0.2, -0.15) is 4.98 Å². The lowest BCUT2D eigenvalue weighted by Gasteiger charge is -2.09. The van der Waals surface area contributed by atoms with Gasteiger partial charge in [-0.3, -0.25) is 0 Å². The van der Waals surface area contributed by atoms with Crippen LogP contribution in [0.25, 0.3) is 33.2 Å². The van der Waals surface area contributed by atoms with Crippen molar-refractivity contribution in [3.05, 3.63) is 66.3 Å². The number of benzene rings is 2. The molecule has 0 saturated carbocycles. The third-order valence-electron chi connectivity index (χ3n) is 5.41. The SMILES string of the molecule is COc1ccc2[nH]cc(C3=N[C@H](n4ccc5c(-c6noc(C)n6)cccc54)ON3)c2c1. The lowest BCUT2D eigenvalue weighted by atomic mass is 10.1. The highest BCUT2D eigenvalue weighted by Gasteiger charge is 2.24. The maximum Gasteiger partial charge on any atom is 0.257 e. The van der Waals surface area contributed by atoms with E-state index in [2.05, 4.69) is 20.6 Å². The molecule has 0 bridgehead atoms. The van der Waals surface area contributed by atoms with Gasteiger partial charge in [-0.1, -0.05) is 17.3 Å². The minimum absolute atomic E-state index is 0.527. The molecule has 5 aromatic rings. The summed E-state index contributed by atoms with van der Waals surface area (Å²) in [7, 11) is 1.65. The van der Waals surface area contributed by atoms with Gasteiger partial charge in [0.2, 0.25) is 11.7 Å². The standard InChI is InChI=1S/C22H18N6O3/c1-12-24-20(26-30-12)15-4-3-5-19-14(15)8-9-28(19)22-25-21(27-31-22)17-11-23-18-7-6-13(29-2)10-16(17)18/h3-11,22-23H,1-2H3,(H,25,27)/t22-/m1/s1. The molecule has 1 atom stereocenters. The number of hydrogen-bond acceptors (Lipinski definition) is 7. The van der Waals surface area contributed by atoms with Crippen LogP contribution >= 0.6 is 0 Å². The van der Waals surface area contributed by atoms with Crippen LogP contribution in [0.4, 0.5) is 0 Å². The number of nitrogens with one attached hydrogen (secondary N) is 2. The Balaban J connectivity index is 1.40. The van der Waals surface area contributed by atoms with Gasteiger partial charge in [-0.15, -0.1) is 0 Å². The Hall–Kier alpha value is -4.11. The number of fused-ring (bicyclic) bond motifs is 2. The molecule has 6 rings (SSSR count). The molecule has 31 heavy (non-hydrogen) atoms. The minimum atomic E-state index is -0.551. The summed E-state index contributed by atoms with van der Waals surface area (Å²) in [5.41, 5.74) is 6.73. The highest BCUT2D eigenvalue weighted by Crippen LogP contribution is 2.32. The van der Waals surface area contributed by atoms with E-state index < -0.39 is 6.35 Å². The number of rotatable bonds is 4. The molecule has 9 nitrogen and oxygen atoms in total. The summed E-state index contributed by atoms with van der Waals surface area (Å²) in [6.45, 7) is 1.77. The van der Waals surface area contributed by atoms with E-state index in [0.29, 0.717) is 17.6 Å². The van der Waals surface area contributed by atoms with Crippen molar-refractivity contribution in [2.75, 3.05) is 7.11 Å². The smallest absolute Gasteiger partial charge is 0.257 e. The van der Waals surface area contributed by atoms with Crippen molar-refractivity contribution in [3.8, 4) is 17.1 Å². The van der Waals surface area contributed by atoms with Crippen molar-refractivity contribution in [1.29, 1.82) is 0 Å². The Morgan fingerprint density at radius 3 is 2.87 bits per heavy atom. The number of methoxy groups -OCH3 is 1. The normalized spacial score (nSPS) is 16.1. The summed E-state index contributed by atoms with van der Waals surface area (Å²) in [4.78, 5) is 18.2. The van der Waals surface area contributed by atoms with Gasteiger partial charge < -0.3 is 18.8 Å². The Morgan fingerprint density at radius 1 is 1.10 bits per heavy atom. The first-order valence-electron chi connectivity index (χ1n) is 9.76. The third kappa shape index (κ3) is 2.78. The zero-order chi connectivity index (χ0) is 20.9. The summed E-state index contributed by atoms with van der Waals surface area (Å²) in [5.74, 6) is 2.52. The molecule has 0 saturated heterocycles. The van der Waals surface area contributed by atoms with Gasteiger partial charge in [0.1, 0.15) is 5.75 Å². The number of hydroxylamine groups is 1. The molecule has 1 aliphatic rings. The predicted octanol–water partition coefficient (Wildman–Crippen LogP) is 3.93. The van der Waals surface area contributed by atoms with Gasteiger partial charge in [0.05, 0.1) is 12.6 Å². The van der Waals surface area contributed by atoms with Crippen LogP contribution in [-0.2, 0) is 4.84 Å². The van der Waals surface area contributed by atoms with Crippen molar-refractivity contribution >= 4 is 27.6 Å². The second kappa shape index (κ2) is 6.71. The zero-order valence-electron chi connectivity index (χ0n) is 16.8. The summed E-state index contributed by atoms with van der Waals surface area (Å²) >= 11 is 0. The highest BCUT2D eigenvalue weighted by molar-refractivity contribution is 6.09. The molecule has 9 heteroatoms. The minimum Gasteiger partial charge on any atom is -0.497 e. The number of hydrogen-bond donors (Lipinski definition) is 2. The van der Waals surface area contributed by atoms with E-state index in [0.717, 1.165) is 38.7 Å². The molecule has 0 spiro atoms. The molecule has 0 unspecified atom stereocenters. The van der Waals surface area contributed by atoms with E-state index in [4.69, 9.17) is 19.1 Å². The first-order valence-corrected chi connectivity index (χ1v) is 9.76. The summed E-state index contributed by atoms with van der Waals surface area (Å²) < 4.78 is 12.5. The average molecular weight is 414 g/mol. The second-order valence-corrected chi connectivity index (χ2v) is 7.24. The molecule has 0 fully saturated rings. The van der Waals surface area contributed by atoms with Crippen LogP contribution in [-0.4, -0.2) is 32.6 Å². The molecular formula is C22H18N6O3. The van der Waals surface area contributed by atoms with Crippen molar-refractivity contribution < 1.29 is 14.1 Å².